The minimum absolute atomic E-state index is 0.117. The highest BCUT2D eigenvalue weighted by Gasteiger charge is 2.51. The molecular weight excluding hydrogens is 350 g/mol. The van der Waals surface area contributed by atoms with Crippen molar-refractivity contribution in [1.29, 1.82) is 0 Å². The molecule has 6 rings (SSSR count). The number of hydrogen-bond acceptors (Lipinski definition) is 5. The molecule has 27 heavy (non-hydrogen) atoms. The van der Waals surface area contributed by atoms with Gasteiger partial charge in [0.05, 0.1) is 16.5 Å². The zero-order valence-electron chi connectivity index (χ0n) is 14.8. The highest BCUT2D eigenvalue weighted by Crippen LogP contribution is 2.55. The summed E-state index contributed by atoms with van der Waals surface area (Å²) in [5, 5.41) is 14.1. The van der Waals surface area contributed by atoms with Gasteiger partial charge in [0.1, 0.15) is 6.54 Å². The number of nitrogens with zero attached hydrogens (tertiary/aromatic N) is 2. The van der Waals surface area contributed by atoms with Crippen LogP contribution in [0.2, 0.25) is 0 Å². The molecule has 0 spiro atoms. The molecule has 0 aliphatic heterocycles. The number of hydrogen-bond donors (Lipinski definition) is 1. The number of benzene rings is 1. The summed E-state index contributed by atoms with van der Waals surface area (Å²) in [7, 11) is 0. The van der Waals surface area contributed by atoms with E-state index in [0.717, 1.165) is 37.0 Å². The summed E-state index contributed by atoms with van der Waals surface area (Å²) in [5.74, 6) is 1.28. The monoisotopic (exact) mass is 371 g/mol. The normalized spacial score (nSPS) is 31.3. The van der Waals surface area contributed by atoms with Crippen LogP contribution in [0, 0.1) is 27.9 Å². The Bertz CT molecular complexity index is 969. The predicted molar refractivity (Wildman–Crippen MR) is 96.2 cm³/mol. The van der Waals surface area contributed by atoms with Crippen LogP contribution in [0.25, 0.3) is 11.1 Å². The summed E-state index contributed by atoms with van der Waals surface area (Å²) in [6.07, 6.45) is 6.99. The summed E-state index contributed by atoms with van der Waals surface area (Å²) in [6, 6.07) is 3.98. The maximum Gasteiger partial charge on any atom is 0.420 e. The SMILES string of the molecule is O=C(Cn1c(=O)oc2cc([N+](=O)[O-])ccc21)NC12CC3CC(CC(C3)C1)C2. The number of carbonyl (C=O) groups excluding carboxylic acids is 1. The minimum atomic E-state index is -0.675. The molecule has 8 nitrogen and oxygen atoms in total. The molecule has 8 heteroatoms. The molecule has 1 N–H and O–H groups in total. The van der Waals surface area contributed by atoms with Gasteiger partial charge in [0.25, 0.3) is 5.69 Å². The molecule has 0 saturated heterocycles. The Morgan fingerprint density at radius 2 is 1.85 bits per heavy atom. The van der Waals surface area contributed by atoms with Crippen molar-refractivity contribution < 1.29 is 14.1 Å². The van der Waals surface area contributed by atoms with Gasteiger partial charge in [0.15, 0.2) is 5.58 Å². The smallest absolute Gasteiger partial charge is 0.407 e. The average molecular weight is 371 g/mol. The maximum atomic E-state index is 12.7. The van der Waals surface area contributed by atoms with Crippen molar-refractivity contribution >= 4 is 22.7 Å². The fraction of sp³-hybridized carbons (Fsp3) is 0.579. The Morgan fingerprint density at radius 1 is 1.22 bits per heavy atom. The van der Waals surface area contributed by atoms with E-state index in [-0.39, 0.29) is 29.3 Å². The van der Waals surface area contributed by atoms with E-state index in [1.165, 1.54) is 42.0 Å². The van der Waals surface area contributed by atoms with Gasteiger partial charge in [-0.15, -0.1) is 0 Å². The van der Waals surface area contributed by atoms with E-state index in [1.807, 2.05) is 0 Å². The highest BCUT2D eigenvalue weighted by atomic mass is 16.6. The number of nitrogens with one attached hydrogen (secondary N) is 1. The Labute approximate surface area is 154 Å². The van der Waals surface area contributed by atoms with Crippen LogP contribution in [0.3, 0.4) is 0 Å². The standard InChI is InChI=1S/C19H21N3O5/c23-17(20-19-7-11-3-12(8-19)5-13(4-11)9-19)10-21-15-2-1-14(22(25)26)6-16(15)27-18(21)24/h1-2,6,11-13H,3-5,7-10H2,(H,20,23). The topological polar surface area (TPSA) is 107 Å². The van der Waals surface area contributed by atoms with Crippen molar-refractivity contribution in [1.82, 2.24) is 9.88 Å². The number of aromatic nitrogens is 1. The molecule has 4 bridgehead atoms. The predicted octanol–water partition coefficient (Wildman–Crippen LogP) is 2.59. The Morgan fingerprint density at radius 3 is 2.44 bits per heavy atom. The molecule has 0 atom stereocenters. The van der Waals surface area contributed by atoms with Crippen molar-refractivity contribution in [2.75, 3.05) is 0 Å². The highest BCUT2D eigenvalue weighted by molar-refractivity contribution is 5.81. The first-order valence-electron chi connectivity index (χ1n) is 9.50. The molecule has 0 radical (unpaired) electrons. The minimum Gasteiger partial charge on any atom is -0.407 e. The van der Waals surface area contributed by atoms with E-state index in [9.17, 15) is 19.7 Å². The third-order valence-electron chi connectivity index (χ3n) is 6.61. The first-order chi connectivity index (χ1) is 12.9. The molecule has 2 aromatic rings. The fourth-order valence-corrected chi connectivity index (χ4v) is 6.06. The molecule has 1 heterocycles. The van der Waals surface area contributed by atoms with Gasteiger partial charge < -0.3 is 9.73 Å². The number of fused-ring (bicyclic) bond motifs is 1. The number of carbonyl (C=O) groups is 1. The summed E-state index contributed by atoms with van der Waals surface area (Å²) >= 11 is 0. The van der Waals surface area contributed by atoms with E-state index in [2.05, 4.69) is 5.32 Å². The summed E-state index contributed by atoms with van der Waals surface area (Å²) in [5.41, 5.74) is 0.248. The van der Waals surface area contributed by atoms with Gasteiger partial charge >= 0.3 is 5.76 Å². The number of amides is 1. The Balaban J connectivity index is 1.38. The molecule has 142 valence electrons. The van der Waals surface area contributed by atoms with Gasteiger partial charge in [-0.25, -0.2) is 4.79 Å². The van der Waals surface area contributed by atoms with Crippen LogP contribution in [0.4, 0.5) is 5.69 Å². The van der Waals surface area contributed by atoms with Crippen LogP contribution < -0.4 is 11.1 Å². The third kappa shape index (κ3) is 2.74. The number of rotatable bonds is 4. The molecular formula is C19H21N3O5. The number of non-ortho nitro benzene ring substituents is 1. The second-order valence-corrected chi connectivity index (χ2v) is 8.61. The van der Waals surface area contributed by atoms with Crippen molar-refractivity contribution in [3.8, 4) is 0 Å². The van der Waals surface area contributed by atoms with Gasteiger partial charge in [0.2, 0.25) is 5.91 Å². The molecule has 0 unspecified atom stereocenters. The second kappa shape index (κ2) is 5.68. The number of nitro groups is 1. The number of nitro benzene ring substituents is 1. The van der Waals surface area contributed by atoms with Crippen molar-refractivity contribution in [3.63, 3.8) is 0 Å². The quantitative estimate of drug-likeness (QED) is 0.656. The van der Waals surface area contributed by atoms with E-state index < -0.39 is 10.7 Å². The molecule has 1 aromatic carbocycles. The summed E-state index contributed by atoms with van der Waals surface area (Å²) in [6.45, 7) is -0.134. The molecule has 1 amide bonds. The van der Waals surface area contributed by atoms with Gasteiger partial charge in [-0.3, -0.25) is 19.5 Å². The van der Waals surface area contributed by atoms with Crippen LogP contribution in [-0.4, -0.2) is 20.9 Å². The number of oxazole rings is 1. The molecule has 4 aliphatic rings. The van der Waals surface area contributed by atoms with Gasteiger partial charge in [-0.05, 0) is 62.3 Å². The molecule has 4 aliphatic carbocycles. The maximum absolute atomic E-state index is 12.7. The van der Waals surface area contributed by atoms with Crippen molar-refractivity contribution in [2.45, 2.75) is 50.6 Å². The molecule has 1 aromatic heterocycles. The van der Waals surface area contributed by atoms with Crippen LogP contribution in [-0.2, 0) is 11.3 Å². The second-order valence-electron chi connectivity index (χ2n) is 8.61. The van der Waals surface area contributed by atoms with Gasteiger partial charge in [0, 0.05) is 11.6 Å². The first-order valence-corrected chi connectivity index (χ1v) is 9.50. The van der Waals surface area contributed by atoms with Gasteiger partial charge in [-0.2, -0.15) is 0 Å². The summed E-state index contributed by atoms with van der Waals surface area (Å²) < 4.78 is 6.35. The van der Waals surface area contributed by atoms with Crippen molar-refractivity contribution in [2.24, 2.45) is 17.8 Å². The lowest BCUT2D eigenvalue weighted by Crippen LogP contribution is -2.60. The zero-order valence-corrected chi connectivity index (χ0v) is 14.8. The van der Waals surface area contributed by atoms with Gasteiger partial charge in [-0.1, -0.05) is 0 Å². The Kier molecular flexibility index (Phi) is 3.47. The third-order valence-corrected chi connectivity index (χ3v) is 6.61. The first kappa shape index (κ1) is 16.5. The Hall–Kier alpha value is -2.64. The van der Waals surface area contributed by atoms with Crippen molar-refractivity contribution in [3.05, 3.63) is 38.9 Å². The van der Waals surface area contributed by atoms with Crippen LogP contribution in [0.5, 0.6) is 0 Å². The lowest BCUT2D eigenvalue weighted by Gasteiger charge is -2.56. The van der Waals surface area contributed by atoms with E-state index in [1.54, 1.807) is 0 Å². The lowest BCUT2D eigenvalue weighted by atomic mass is 9.53. The lowest BCUT2D eigenvalue weighted by molar-refractivity contribution is -0.384. The average Bonchev–Trinajstić information content (AvgIpc) is 2.87. The van der Waals surface area contributed by atoms with Crippen LogP contribution >= 0.6 is 0 Å². The van der Waals surface area contributed by atoms with Crippen LogP contribution in [0.1, 0.15) is 38.5 Å². The zero-order chi connectivity index (χ0) is 18.8. The summed E-state index contributed by atoms with van der Waals surface area (Å²) in [4.78, 5) is 35.2. The largest absolute Gasteiger partial charge is 0.420 e. The van der Waals surface area contributed by atoms with E-state index in [4.69, 9.17) is 4.42 Å². The van der Waals surface area contributed by atoms with E-state index in [0.29, 0.717) is 5.52 Å². The van der Waals surface area contributed by atoms with Crippen LogP contribution in [0.15, 0.2) is 27.4 Å². The van der Waals surface area contributed by atoms with E-state index >= 15 is 0 Å². The fourth-order valence-electron chi connectivity index (χ4n) is 6.06. The molecule has 4 fully saturated rings. The molecule has 4 saturated carbocycles.